The lowest BCUT2D eigenvalue weighted by atomic mass is 10.1. The molecule has 0 radical (unpaired) electrons. The molecule has 19 heavy (non-hydrogen) atoms. The Balaban J connectivity index is 2.02. The van der Waals surface area contributed by atoms with Crippen molar-refractivity contribution in [1.82, 2.24) is 0 Å². The summed E-state index contributed by atoms with van der Waals surface area (Å²) in [4.78, 5) is 0. The minimum atomic E-state index is -0.203. The number of rotatable bonds is 4. The van der Waals surface area contributed by atoms with Gasteiger partial charge in [0.05, 0.1) is 0 Å². The number of halogens is 1. The molecule has 0 aliphatic rings. The number of allylic oxidation sites excluding steroid dienone is 1. The largest absolute Gasteiger partial charge is 0.206 e. The van der Waals surface area contributed by atoms with Crippen LogP contribution in [0.1, 0.15) is 24.5 Å². The molecule has 2 aromatic rings. The maximum Gasteiger partial charge on any atom is 0.131 e. The molecule has 0 saturated carbocycles. The molecule has 0 spiro atoms. The molecule has 0 bridgehead atoms. The molecule has 0 aliphatic heterocycles. The van der Waals surface area contributed by atoms with Gasteiger partial charge < -0.3 is 0 Å². The summed E-state index contributed by atoms with van der Waals surface area (Å²) in [5.41, 5.74) is 6.19. The third-order valence-corrected chi connectivity index (χ3v) is 3.01. The zero-order valence-electron chi connectivity index (χ0n) is 11.1. The second kappa shape index (κ2) is 6.72. The lowest BCUT2D eigenvalue weighted by molar-refractivity contribution is 0.625. The third kappa shape index (κ3) is 4.24. The standard InChI is InChI=1S/C18H17F/c1-15(11-13-16-7-3-2-4-8-16)12-14-17-9-5-6-10-18(17)19/h2-10,14H,11,13H2,1H3. The van der Waals surface area contributed by atoms with Crippen LogP contribution in [0.2, 0.25) is 0 Å². The highest BCUT2D eigenvalue weighted by Gasteiger charge is 1.95. The minimum Gasteiger partial charge on any atom is -0.206 e. The first kappa shape index (κ1) is 13.3. The summed E-state index contributed by atoms with van der Waals surface area (Å²) >= 11 is 0. The first-order valence-corrected chi connectivity index (χ1v) is 6.46. The van der Waals surface area contributed by atoms with Crippen molar-refractivity contribution in [2.75, 3.05) is 0 Å². The molecule has 96 valence electrons. The highest BCUT2D eigenvalue weighted by molar-refractivity contribution is 5.49. The van der Waals surface area contributed by atoms with Gasteiger partial charge in [-0.2, -0.15) is 0 Å². The van der Waals surface area contributed by atoms with Gasteiger partial charge in [-0.05, 0) is 43.0 Å². The third-order valence-electron chi connectivity index (χ3n) is 3.01. The molecule has 1 heteroatoms. The Hall–Kier alpha value is -2.11. The predicted octanol–water partition coefficient (Wildman–Crippen LogP) is 5.02. The van der Waals surface area contributed by atoms with E-state index in [0.717, 1.165) is 18.4 Å². The summed E-state index contributed by atoms with van der Waals surface area (Å²) in [6.07, 6.45) is 3.65. The SMILES string of the molecule is CC(=C=Cc1ccccc1F)CCc1ccccc1. The van der Waals surface area contributed by atoms with E-state index in [9.17, 15) is 4.39 Å². The van der Waals surface area contributed by atoms with E-state index in [4.69, 9.17) is 0 Å². The number of benzene rings is 2. The van der Waals surface area contributed by atoms with Crippen molar-refractivity contribution in [1.29, 1.82) is 0 Å². The zero-order chi connectivity index (χ0) is 13.5. The Bertz CT molecular complexity index is 590. The van der Waals surface area contributed by atoms with E-state index in [1.165, 1.54) is 11.6 Å². The summed E-state index contributed by atoms with van der Waals surface area (Å²) in [5.74, 6) is -0.203. The number of hydrogen-bond donors (Lipinski definition) is 0. The molecule has 0 nitrogen and oxygen atoms in total. The molecule has 2 aromatic carbocycles. The topological polar surface area (TPSA) is 0 Å². The molecule has 0 heterocycles. The van der Waals surface area contributed by atoms with E-state index in [1.54, 1.807) is 18.2 Å². The quantitative estimate of drug-likeness (QED) is 0.670. The van der Waals surface area contributed by atoms with Gasteiger partial charge in [0.25, 0.3) is 0 Å². The van der Waals surface area contributed by atoms with Gasteiger partial charge in [-0.25, -0.2) is 4.39 Å². The van der Waals surface area contributed by atoms with Gasteiger partial charge >= 0.3 is 0 Å². The van der Waals surface area contributed by atoms with Gasteiger partial charge in [-0.15, -0.1) is 5.73 Å². The smallest absolute Gasteiger partial charge is 0.131 e. The number of hydrogen-bond acceptors (Lipinski definition) is 0. The van der Waals surface area contributed by atoms with Crippen LogP contribution in [-0.4, -0.2) is 0 Å². The Morgan fingerprint density at radius 1 is 1.05 bits per heavy atom. The summed E-state index contributed by atoms with van der Waals surface area (Å²) in [6, 6.07) is 17.1. The minimum absolute atomic E-state index is 0.203. The summed E-state index contributed by atoms with van der Waals surface area (Å²) < 4.78 is 13.4. The van der Waals surface area contributed by atoms with Crippen LogP contribution in [-0.2, 0) is 6.42 Å². The van der Waals surface area contributed by atoms with Gasteiger partial charge in [-0.1, -0.05) is 48.5 Å². The van der Waals surface area contributed by atoms with Crippen LogP contribution in [0.15, 0.2) is 65.9 Å². The van der Waals surface area contributed by atoms with E-state index in [0.29, 0.717) is 5.56 Å². The molecule has 2 rings (SSSR count). The first-order valence-electron chi connectivity index (χ1n) is 6.46. The highest BCUT2D eigenvalue weighted by atomic mass is 19.1. The van der Waals surface area contributed by atoms with E-state index in [-0.39, 0.29) is 5.82 Å². The van der Waals surface area contributed by atoms with E-state index in [2.05, 4.69) is 17.9 Å². The van der Waals surface area contributed by atoms with E-state index < -0.39 is 0 Å². The van der Waals surface area contributed by atoms with Crippen molar-refractivity contribution in [3.63, 3.8) is 0 Å². The molecule has 0 amide bonds. The Morgan fingerprint density at radius 3 is 2.47 bits per heavy atom. The van der Waals surface area contributed by atoms with Crippen LogP contribution >= 0.6 is 0 Å². The summed E-state index contributed by atoms with van der Waals surface area (Å²) in [7, 11) is 0. The van der Waals surface area contributed by atoms with Gasteiger partial charge in [0.2, 0.25) is 0 Å². The second-order valence-corrected chi connectivity index (χ2v) is 4.58. The van der Waals surface area contributed by atoms with Crippen molar-refractivity contribution in [3.8, 4) is 0 Å². The normalized spacial score (nSPS) is 9.79. The van der Waals surface area contributed by atoms with Crippen LogP contribution in [0.25, 0.3) is 6.08 Å². The van der Waals surface area contributed by atoms with Crippen molar-refractivity contribution in [3.05, 3.63) is 82.8 Å². The van der Waals surface area contributed by atoms with E-state index in [1.807, 2.05) is 31.2 Å². The maximum absolute atomic E-state index is 13.4. The van der Waals surface area contributed by atoms with Crippen molar-refractivity contribution in [2.24, 2.45) is 0 Å². The predicted molar refractivity (Wildman–Crippen MR) is 78.3 cm³/mol. The molecule has 0 atom stereocenters. The van der Waals surface area contributed by atoms with Crippen LogP contribution in [0.4, 0.5) is 4.39 Å². The zero-order valence-corrected chi connectivity index (χ0v) is 11.1. The first-order chi connectivity index (χ1) is 9.25. The van der Waals surface area contributed by atoms with Gasteiger partial charge in [0.15, 0.2) is 0 Å². The Kier molecular flexibility index (Phi) is 4.72. The van der Waals surface area contributed by atoms with Gasteiger partial charge in [0, 0.05) is 5.56 Å². The van der Waals surface area contributed by atoms with Crippen LogP contribution < -0.4 is 0 Å². The van der Waals surface area contributed by atoms with Gasteiger partial charge in [0.1, 0.15) is 5.82 Å². The lowest BCUT2D eigenvalue weighted by Gasteiger charge is -1.99. The molecule has 0 aromatic heterocycles. The van der Waals surface area contributed by atoms with Crippen molar-refractivity contribution in [2.45, 2.75) is 19.8 Å². The lowest BCUT2D eigenvalue weighted by Crippen LogP contribution is -1.85. The highest BCUT2D eigenvalue weighted by Crippen LogP contribution is 2.10. The van der Waals surface area contributed by atoms with Crippen LogP contribution in [0, 0.1) is 5.82 Å². The van der Waals surface area contributed by atoms with Crippen molar-refractivity contribution >= 4 is 6.08 Å². The molecule has 0 saturated heterocycles. The fourth-order valence-electron chi connectivity index (χ4n) is 1.84. The molecule has 0 N–H and O–H groups in total. The van der Waals surface area contributed by atoms with Crippen LogP contribution in [0.5, 0.6) is 0 Å². The maximum atomic E-state index is 13.4. The van der Waals surface area contributed by atoms with Crippen LogP contribution in [0.3, 0.4) is 0 Å². The Morgan fingerprint density at radius 2 is 1.74 bits per heavy atom. The van der Waals surface area contributed by atoms with Crippen molar-refractivity contribution < 1.29 is 4.39 Å². The molecule has 0 unspecified atom stereocenters. The molecular weight excluding hydrogens is 235 g/mol. The monoisotopic (exact) mass is 252 g/mol. The van der Waals surface area contributed by atoms with Gasteiger partial charge in [-0.3, -0.25) is 0 Å². The van der Waals surface area contributed by atoms with E-state index >= 15 is 0 Å². The number of aryl methyl sites for hydroxylation is 1. The average molecular weight is 252 g/mol. The summed E-state index contributed by atoms with van der Waals surface area (Å²) in [6.45, 7) is 2.03. The molecular formula is C18H17F. The average Bonchev–Trinajstić information content (AvgIpc) is 2.45. The summed E-state index contributed by atoms with van der Waals surface area (Å²) in [5, 5.41) is 0. The fraction of sp³-hybridized carbons (Fsp3) is 0.167. The fourth-order valence-corrected chi connectivity index (χ4v) is 1.84. The molecule has 0 aliphatic carbocycles. The molecule has 0 fully saturated rings. The second-order valence-electron chi connectivity index (χ2n) is 4.58. The Labute approximate surface area is 113 Å².